The lowest BCUT2D eigenvalue weighted by Gasteiger charge is -2.02. The number of nitrogens with two attached hydrogens (primary N) is 1. The van der Waals surface area contributed by atoms with Crippen LogP contribution in [0.15, 0.2) is 16.5 Å². The van der Waals surface area contributed by atoms with E-state index in [9.17, 15) is 0 Å². The van der Waals surface area contributed by atoms with Crippen LogP contribution >= 0.6 is 11.8 Å². The number of nitrogens with zero attached hydrogens (tertiary/aromatic N) is 5. The molecular formula is C8H8N6OS. The van der Waals surface area contributed by atoms with Gasteiger partial charge in [-0.2, -0.15) is 0 Å². The summed E-state index contributed by atoms with van der Waals surface area (Å²) in [7, 11) is 0. The Bertz CT molecular complexity index is 557. The van der Waals surface area contributed by atoms with Crippen molar-refractivity contribution in [3.8, 4) is 0 Å². The summed E-state index contributed by atoms with van der Waals surface area (Å²) in [5, 5.41) is 11.8. The summed E-state index contributed by atoms with van der Waals surface area (Å²) in [5.74, 6) is 0.259. The summed E-state index contributed by atoms with van der Waals surface area (Å²) < 4.78 is 0. The number of anilines is 1. The number of oxime groups is 1. The van der Waals surface area contributed by atoms with Crippen molar-refractivity contribution in [3.63, 3.8) is 0 Å². The van der Waals surface area contributed by atoms with E-state index < -0.39 is 0 Å². The molecule has 0 aliphatic carbocycles. The van der Waals surface area contributed by atoms with Crippen LogP contribution in [0, 0.1) is 0 Å². The molecule has 2 aromatic rings. The van der Waals surface area contributed by atoms with Crippen LogP contribution in [0.4, 0.5) is 5.82 Å². The molecule has 0 saturated heterocycles. The molecule has 0 atom stereocenters. The predicted molar refractivity (Wildman–Crippen MR) is 60.7 cm³/mol. The Balaban J connectivity index is 2.65. The molecule has 0 aliphatic heterocycles. The van der Waals surface area contributed by atoms with Gasteiger partial charge in [0.05, 0.1) is 12.4 Å². The second-order valence-corrected chi connectivity index (χ2v) is 3.58. The van der Waals surface area contributed by atoms with Gasteiger partial charge in [0.2, 0.25) is 0 Å². The minimum atomic E-state index is 0.259. The molecule has 2 aromatic heterocycles. The van der Waals surface area contributed by atoms with Gasteiger partial charge in [-0.15, -0.1) is 0 Å². The molecule has 0 unspecified atom stereocenters. The van der Waals surface area contributed by atoms with Crippen molar-refractivity contribution in [2.24, 2.45) is 5.16 Å². The molecule has 7 nitrogen and oxygen atoms in total. The third-order valence-corrected chi connectivity index (χ3v) is 2.35. The van der Waals surface area contributed by atoms with Gasteiger partial charge < -0.3 is 10.9 Å². The van der Waals surface area contributed by atoms with E-state index in [0.29, 0.717) is 22.0 Å². The van der Waals surface area contributed by atoms with E-state index in [2.05, 4.69) is 25.1 Å². The van der Waals surface area contributed by atoms with Gasteiger partial charge in [0, 0.05) is 0 Å². The Morgan fingerprint density at radius 3 is 2.94 bits per heavy atom. The Labute approximate surface area is 94.8 Å². The van der Waals surface area contributed by atoms with Crippen molar-refractivity contribution in [1.29, 1.82) is 0 Å². The van der Waals surface area contributed by atoms with Crippen LogP contribution in [0.5, 0.6) is 0 Å². The molecular weight excluding hydrogens is 228 g/mol. The lowest BCUT2D eigenvalue weighted by molar-refractivity contribution is 0.321. The average Bonchev–Trinajstić information content (AvgIpc) is 2.30. The fourth-order valence-corrected chi connectivity index (χ4v) is 1.50. The topological polar surface area (TPSA) is 110 Å². The first-order valence-corrected chi connectivity index (χ1v) is 5.48. The minimum absolute atomic E-state index is 0.259. The highest BCUT2D eigenvalue weighted by Gasteiger charge is 2.07. The van der Waals surface area contributed by atoms with Crippen LogP contribution in [0.25, 0.3) is 11.2 Å². The number of aromatic nitrogens is 4. The van der Waals surface area contributed by atoms with Crippen molar-refractivity contribution < 1.29 is 5.21 Å². The van der Waals surface area contributed by atoms with E-state index in [0.717, 1.165) is 6.21 Å². The summed E-state index contributed by atoms with van der Waals surface area (Å²) in [4.78, 5) is 16.4. The maximum absolute atomic E-state index is 8.38. The second kappa shape index (κ2) is 4.27. The van der Waals surface area contributed by atoms with Crippen LogP contribution in [0.2, 0.25) is 0 Å². The number of fused-ring (bicyclic) bond motifs is 1. The summed E-state index contributed by atoms with van der Waals surface area (Å²) in [6.45, 7) is 0. The van der Waals surface area contributed by atoms with Gasteiger partial charge in [-0.25, -0.2) is 19.9 Å². The fraction of sp³-hybridized carbons (Fsp3) is 0.125. The van der Waals surface area contributed by atoms with E-state index >= 15 is 0 Å². The van der Waals surface area contributed by atoms with Gasteiger partial charge in [-0.05, 0) is 6.26 Å². The number of hydrogen-bond acceptors (Lipinski definition) is 8. The maximum atomic E-state index is 8.38. The highest BCUT2D eigenvalue weighted by Crippen LogP contribution is 2.17. The molecule has 0 bridgehead atoms. The van der Waals surface area contributed by atoms with E-state index in [1.807, 2.05) is 6.26 Å². The van der Waals surface area contributed by atoms with Crippen molar-refractivity contribution in [2.75, 3.05) is 12.0 Å². The zero-order valence-corrected chi connectivity index (χ0v) is 9.14. The molecule has 0 amide bonds. The zero-order valence-electron chi connectivity index (χ0n) is 8.32. The van der Waals surface area contributed by atoms with E-state index in [1.165, 1.54) is 18.0 Å². The molecule has 82 valence electrons. The van der Waals surface area contributed by atoms with Gasteiger partial charge in [-0.3, -0.25) is 0 Å². The molecule has 3 N–H and O–H groups in total. The van der Waals surface area contributed by atoms with Crippen molar-refractivity contribution in [3.05, 3.63) is 11.9 Å². The number of rotatable bonds is 2. The van der Waals surface area contributed by atoms with Gasteiger partial charge in [0.25, 0.3) is 0 Å². The first kappa shape index (κ1) is 10.6. The lowest BCUT2D eigenvalue weighted by Crippen LogP contribution is -2.01. The van der Waals surface area contributed by atoms with Crippen LogP contribution in [0.1, 0.15) is 5.69 Å². The van der Waals surface area contributed by atoms with E-state index in [-0.39, 0.29) is 5.82 Å². The van der Waals surface area contributed by atoms with Crippen LogP contribution in [-0.2, 0) is 0 Å². The minimum Gasteiger partial charge on any atom is -0.411 e. The molecule has 0 aromatic carbocycles. The van der Waals surface area contributed by atoms with Gasteiger partial charge >= 0.3 is 0 Å². The third-order valence-electron chi connectivity index (χ3n) is 1.80. The summed E-state index contributed by atoms with van der Waals surface area (Å²) in [5.41, 5.74) is 6.94. The summed E-state index contributed by atoms with van der Waals surface area (Å²) in [6, 6.07) is 0. The van der Waals surface area contributed by atoms with Gasteiger partial charge in [0.15, 0.2) is 22.1 Å². The molecule has 2 heterocycles. The quantitative estimate of drug-likeness (QED) is 0.257. The zero-order chi connectivity index (χ0) is 11.5. The number of thioether (sulfide) groups is 1. The van der Waals surface area contributed by atoms with E-state index in [4.69, 9.17) is 10.9 Å². The number of nitrogen functional groups attached to an aromatic ring is 1. The molecule has 0 aliphatic rings. The monoisotopic (exact) mass is 236 g/mol. The summed E-state index contributed by atoms with van der Waals surface area (Å²) >= 11 is 1.38. The molecule has 0 saturated carbocycles. The Hall–Kier alpha value is -1.96. The molecule has 0 radical (unpaired) electrons. The van der Waals surface area contributed by atoms with Crippen molar-refractivity contribution in [1.82, 2.24) is 19.9 Å². The average molecular weight is 236 g/mol. The first-order valence-electron chi connectivity index (χ1n) is 4.26. The third kappa shape index (κ3) is 1.87. The maximum Gasteiger partial charge on any atom is 0.191 e. The lowest BCUT2D eigenvalue weighted by atomic mass is 10.4. The SMILES string of the molecule is CSc1nc(N)c2nc(/C=N/O)cnc2n1. The molecule has 16 heavy (non-hydrogen) atoms. The van der Waals surface area contributed by atoms with Crippen LogP contribution in [0.3, 0.4) is 0 Å². The highest BCUT2D eigenvalue weighted by atomic mass is 32.2. The Morgan fingerprint density at radius 1 is 1.44 bits per heavy atom. The molecule has 0 spiro atoms. The molecule has 8 heteroatoms. The summed E-state index contributed by atoms with van der Waals surface area (Å²) in [6.07, 6.45) is 4.45. The van der Waals surface area contributed by atoms with E-state index in [1.54, 1.807) is 0 Å². The molecule has 0 fully saturated rings. The second-order valence-electron chi connectivity index (χ2n) is 2.81. The van der Waals surface area contributed by atoms with Crippen LogP contribution in [-0.4, -0.2) is 37.6 Å². The predicted octanol–water partition coefficient (Wildman–Crippen LogP) is 0.532. The Morgan fingerprint density at radius 2 is 2.25 bits per heavy atom. The Kier molecular flexibility index (Phi) is 2.82. The van der Waals surface area contributed by atoms with Crippen molar-refractivity contribution >= 4 is 35.0 Å². The van der Waals surface area contributed by atoms with Crippen molar-refractivity contribution in [2.45, 2.75) is 5.16 Å². The largest absolute Gasteiger partial charge is 0.411 e. The highest BCUT2D eigenvalue weighted by molar-refractivity contribution is 7.98. The fourth-order valence-electron chi connectivity index (χ4n) is 1.13. The molecule has 2 rings (SSSR count). The van der Waals surface area contributed by atoms with Gasteiger partial charge in [0.1, 0.15) is 5.69 Å². The van der Waals surface area contributed by atoms with Gasteiger partial charge in [-0.1, -0.05) is 16.9 Å². The first-order chi connectivity index (χ1) is 7.74. The number of hydrogen-bond donors (Lipinski definition) is 2. The standard InChI is InChI=1S/C8H8N6OS/c1-16-8-13-6(9)5-7(14-8)10-2-4(12-5)3-11-15/h2-3,15H,1H3,(H2,9,10,13,14)/b11-3+. The van der Waals surface area contributed by atoms with Crippen LogP contribution < -0.4 is 5.73 Å². The normalized spacial score (nSPS) is 11.3. The smallest absolute Gasteiger partial charge is 0.191 e.